The lowest BCUT2D eigenvalue weighted by molar-refractivity contribution is -0.128. The molecular formula is C23H36N6OS. The van der Waals surface area contributed by atoms with Gasteiger partial charge in [0.25, 0.3) is 0 Å². The SMILES string of the molecule is CCCCn1c(SCC(=O)N2CCN(c3ccccc3)CC2)nnc1C(CC)N(C)C. The highest BCUT2D eigenvalue weighted by Gasteiger charge is 2.24. The van der Waals surface area contributed by atoms with Crippen molar-refractivity contribution < 1.29 is 4.79 Å². The maximum Gasteiger partial charge on any atom is 0.233 e. The Morgan fingerprint density at radius 3 is 2.42 bits per heavy atom. The van der Waals surface area contributed by atoms with E-state index in [4.69, 9.17) is 0 Å². The molecule has 0 saturated carbocycles. The summed E-state index contributed by atoms with van der Waals surface area (Å²) in [6.07, 6.45) is 3.18. The Morgan fingerprint density at radius 2 is 1.81 bits per heavy atom. The van der Waals surface area contributed by atoms with E-state index < -0.39 is 0 Å². The standard InChI is InChI=1S/C23H36N6OS/c1-5-7-13-29-22(20(6-2)26(3)4)24-25-23(29)31-18-21(30)28-16-14-27(15-17-28)19-11-9-8-10-12-19/h8-12,20H,5-7,13-18H2,1-4H3. The number of thioether (sulfide) groups is 1. The molecule has 1 amide bonds. The maximum absolute atomic E-state index is 12.9. The number of anilines is 1. The number of hydrogen-bond donors (Lipinski definition) is 0. The first-order chi connectivity index (χ1) is 15.0. The van der Waals surface area contributed by atoms with Crippen LogP contribution >= 0.6 is 11.8 Å². The molecule has 1 aromatic heterocycles. The highest BCUT2D eigenvalue weighted by atomic mass is 32.2. The van der Waals surface area contributed by atoms with E-state index in [1.807, 2.05) is 11.0 Å². The van der Waals surface area contributed by atoms with Gasteiger partial charge in [0.15, 0.2) is 11.0 Å². The summed E-state index contributed by atoms with van der Waals surface area (Å²) < 4.78 is 2.23. The molecule has 1 aliphatic heterocycles. The van der Waals surface area contributed by atoms with E-state index in [0.717, 1.165) is 63.0 Å². The van der Waals surface area contributed by atoms with Crippen molar-refractivity contribution in [3.8, 4) is 0 Å². The van der Waals surface area contributed by atoms with Crippen LogP contribution in [0.25, 0.3) is 0 Å². The molecule has 1 aliphatic rings. The Balaban J connectivity index is 1.59. The van der Waals surface area contributed by atoms with Crippen molar-refractivity contribution >= 4 is 23.4 Å². The molecule has 2 aromatic rings. The van der Waals surface area contributed by atoms with Gasteiger partial charge in [-0.15, -0.1) is 10.2 Å². The lowest BCUT2D eigenvalue weighted by Crippen LogP contribution is -2.49. The van der Waals surface area contributed by atoms with E-state index in [1.54, 1.807) is 0 Å². The van der Waals surface area contributed by atoms with Gasteiger partial charge in [0.2, 0.25) is 5.91 Å². The van der Waals surface area contributed by atoms with Gasteiger partial charge in [-0.1, -0.05) is 50.2 Å². The second-order valence-corrected chi connectivity index (χ2v) is 9.17. The third kappa shape index (κ3) is 6.01. The largest absolute Gasteiger partial charge is 0.368 e. The van der Waals surface area contributed by atoms with E-state index in [-0.39, 0.29) is 11.9 Å². The van der Waals surface area contributed by atoms with Crippen LogP contribution in [-0.2, 0) is 11.3 Å². The number of carbonyl (C=O) groups excluding carboxylic acids is 1. The Kier molecular flexibility index (Phi) is 8.78. The van der Waals surface area contributed by atoms with Crippen molar-refractivity contribution in [3.63, 3.8) is 0 Å². The van der Waals surface area contributed by atoms with Gasteiger partial charge >= 0.3 is 0 Å². The van der Waals surface area contributed by atoms with Crippen LogP contribution in [0, 0.1) is 0 Å². The number of aromatic nitrogens is 3. The van der Waals surface area contributed by atoms with Gasteiger partial charge < -0.3 is 14.4 Å². The third-order valence-electron chi connectivity index (χ3n) is 5.87. The highest BCUT2D eigenvalue weighted by molar-refractivity contribution is 7.99. The van der Waals surface area contributed by atoms with Gasteiger partial charge in [-0.3, -0.25) is 9.69 Å². The molecule has 0 N–H and O–H groups in total. The average Bonchev–Trinajstić information content (AvgIpc) is 3.19. The van der Waals surface area contributed by atoms with Crippen molar-refractivity contribution in [2.75, 3.05) is 50.9 Å². The minimum atomic E-state index is 0.184. The second kappa shape index (κ2) is 11.5. The molecule has 170 valence electrons. The minimum Gasteiger partial charge on any atom is -0.368 e. The molecule has 0 spiro atoms. The summed E-state index contributed by atoms with van der Waals surface area (Å²) in [6.45, 7) is 8.54. The Labute approximate surface area is 190 Å². The molecule has 1 atom stereocenters. The van der Waals surface area contributed by atoms with Gasteiger partial charge in [-0.05, 0) is 39.1 Å². The predicted molar refractivity (Wildman–Crippen MR) is 128 cm³/mol. The number of rotatable bonds is 10. The molecule has 0 radical (unpaired) electrons. The van der Waals surface area contributed by atoms with Gasteiger partial charge in [-0.25, -0.2) is 0 Å². The number of nitrogens with zero attached hydrogens (tertiary/aromatic N) is 6. The summed E-state index contributed by atoms with van der Waals surface area (Å²) >= 11 is 1.52. The van der Waals surface area contributed by atoms with Crippen molar-refractivity contribution in [2.24, 2.45) is 0 Å². The van der Waals surface area contributed by atoms with Crippen LogP contribution in [0.5, 0.6) is 0 Å². The first-order valence-corrected chi connectivity index (χ1v) is 12.3. The molecule has 31 heavy (non-hydrogen) atoms. The number of unbranched alkanes of at least 4 members (excludes halogenated alkanes) is 1. The molecule has 1 aromatic carbocycles. The number of para-hydroxylation sites is 1. The van der Waals surface area contributed by atoms with Gasteiger partial charge in [0, 0.05) is 38.4 Å². The van der Waals surface area contributed by atoms with Crippen molar-refractivity contribution in [1.82, 2.24) is 24.6 Å². The zero-order valence-electron chi connectivity index (χ0n) is 19.3. The van der Waals surface area contributed by atoms with Crippen LogP contribution in [0.15, 0.2) is 35.5 Å². The van der Waals surface area contributed by atoms with Crippen LogP contribution in [0.2, 0.25) is 0 Å². The van der Waals surface area contributed by atoms with Gasteiger partial charge in [-0.2, -0.15) is 0 Å². The van der Waals surface area contributed by atoms with E-state index >= 15 is 0 Å². The smallest absolute Gasteiger partial charge is 0.233 e. The minimum absolute atomic E-state index is 0.184. The number of amides is 1. The fourth-order valence-electron chi connectivity index (χ4n) is 4.03. The summed E-state index contributed by atoms with van der Waals surface area (Å²) in [4.78, 5) is 19.4. The van der Waals surface area contributed by atoms with Crippen molar-refractivity contribution in [3.05, 3.63) is 36.2 Å². The molecule has 1 fully saturated rings. The van der Waals surface area contributed by atoms with E-state index in [1.165, 1.54) is 17.4 Å². The third-order valence-corrected chi connectivity index (χ3v) is 6.82. The molecule has 7 nitrogen and oxygen atoms in total. The quantitative estimate of drug-likeness (QED) is 0.523. The fourth-order valence-corrected chi connectivity index (χ4v) is 4.90. The number of hydrogen-bond acceptors (Lipinski definition) is 6. The molecule has 0 aliphatic carbocycles. The normalized spacial score (nSPS) is 15.5. The summed E-state index contributed by atoms with van der Waals surface area (Å²) in [5.74, 6) is 1.60. The van der Waals surface area contributed by atoms with Crippen LogP contribution in [0.4, 0.5) is 5.69 Å². The predicted octanol–water partition coefficient (Wildman–Crippen LogP) is 3.53. The molecule has 1 unspecified atom stereocenters. The summed E-state index contributed by atoms with van der Waals surface area (Å²) in [6, 6.07) is 10.7. The van der Waals surface area contributed by atoms with Crippen LogP contribution in [-0.4, -0.2) is 76.5 Å². The molecule has 3 rings (SSSR count). The summed E-state index contributed by atoms with van der Waals surface area (Å²) in [5.41, 5.74) is 1.23. The Morgan fingerprint density at radius 1 is 1.10 bits per heavy atom. The zero-order chi connectivity index (χ0) is 22.2. The zero-order valence-corrected chi connectivity index (χ0v) is 20.1. The second-order valence-electron chi connectivity index (χ2n) is 8.23. The first-order valence-electron chi connectivity index (χ1n) is 11.3. The van der Waals surface area contributed by atoms with Gasteiger partial charge in [0.05, 0.1) is 11.8 Å². The van der Waals surface area contributed by atoms with E-state index in [2.05, 4.69) is 76.8 Å². The van der Waals surface area contributed by atoms with Crippen LogP contribution in [0.1, 0.15) is 45.0 Å². The Bertz CT molecular complexity index is 817. The average molecular weight is 445 g/mol. The Hall–Kier alpha value is -2.06. The monoisotopic (exact) mass is 444 g/mol. The van der Waals surface area contributed by atoms with Crippen molar-refractivity contribution in [2.45, 2.75) is 50.9 Å². The number of benzene rings is 1. The van der Waals surface area contributed by atoms with Crippen molar-refractivity contribution in [1.29, 1.82) is 0 Å². The molecular weight excluding hydrogens is 408 g/mol. The maximum atomic E-state index is 12.9. The van der Waals surface area contributed by atoms with E-state index in [0.29, 0.717) is 5.75 Å². The molecule has 8 heteroatoms. The fraction of sp³-hybridized carbons (Fsp3) is 0.609. The lowest BCUT2D eigenvalue weighted by Gasteiger charge is -2.36. The summed E-state index contributed by atoms with van der Waals surface area (Å²) in [7, 11) is 4.16. The van der Waals surface area contributed by atoms with E-state index in [9.17, 15) is 4.79 Å². The lowest BCUT2D eigenvalue weighted by atomic mass is 10.2. The number of carbonyl (C=O) groups is 1. The first kappa shape index (κ1) is 23.6. The van der Waals surface area contributed by atoms with Crippen LogP contribution < -0.4 is 4.90 Å². The number of piperazine rings is 1. The molecule has 1 saturated heterocycles. The van der Waals surface area contributed by atoms with Gasteiger partial charge in [0.1, 0.15) is 0 Å². The topological polar surface area (TPSA) is 57.5 Å². The molecule has 0 bridgehead atoms. The highest BCUT2D eigenvalue weighted by Crippen LogP contribution is 2.26. The molecule has 2 heterocycles. The summed E-state index contributed by atoms with van der Waals surface area (Å²) in [5, 5.41) is 9.83. The van der Waals surface area contributed by atoms with Crippen LogP contribution in [0.3, 0.4) is 0 Å².